The van der Waals surface area contributed by atoms with Gasteiger partial charge in [-0.1, -0.05) is 17.7 Å². The monoisotopic (exact) mass is 328 g/mol. The molecule has 0 atom stereocenters. The highest BCUT2D eigenvalue weighted by Gasteiger charge is 2.31. The quantitative estimate of drug-likeness (QED) is 0.850. The van der Waals surface area contributed by atoms with Gasteiger partial charge < -0.3 is 9.80 Å². The minimum absolute atomic E-state index is 0.0160. The molecule has 2 aliphatic rings. The van der Waals surface area contributed by atoms with Gasteiger partial charge in [-0.25, -0.2) is 9.97 Å². The summed E-state index contributed by atoms with van der Waals surface area (Å²) in [5.41, 5.74) is 2.67. The maximum atomic E-state index is 12.7. The fourth-order valence-electron chi connectivity index (χ4n) is 3.10. The molecule has 118 valence electrons. The van der Waals surface area contributed by atoms with Gasteiger partial charge in [0, 0.05) is 29.2 Å². The highest BCUT2D eigenvalue weighted by molar-refractivity contribution is 6.30. The molecule has 3 heterocycles. The number of aryl methyl sites for hydroxylation is 1. The molecule has 0 spiro atoms. The van der Waals surface area contributed by atoms with Crippen LogP contribution in [-0.4, -0.2) is 33.9 Å². The lowest BCUT2D eigenvalue weighted by Crippen LogP contribution is -2.38. The van der Waals surface area contributed by atoms with Crippen LogP contribution in [0.25, 0.3) is 0 Å². The number of amides is 1. The summed E-state index contributed by atoms with van der Waals surface area (Å²) in [6.45, 7) is 5.07. The molecule has 5 nitrogen and oxygen atoms in total. The third kappa shape index (κ3) is 2.55. The lowest BCUT2D eigenvalue weighted by molar-refractivity contribution is 0.0750. The van der Waals surface area contributed by atoms with Gasteiger partial charge in [0.1, 0.15) is 11.6 Å². The first kappa shape index (κ1) is 14.5. The summed E-state index contributed by atoms with van der Waals surface area (Å²) in [5, 5.41) is 0.574. The molecule has 0 aliphatic carbocycles. The first-order valence-corrected chi connectivity index (χ1v) is 8.16. The number of hydrogen-bond acceptors (Lipinski definition) is 4. The molecule has 0 saturated carbocycles. The number of carbonyl (C=O) groups excluding carboxylic acids is 1. The zero-order valence-corrected chi connectivity index (χ0v) is 13.7. The van der Waals surface area contributed by atoms with Crippen LogP contribution in [0, 0.1) is 6.92 Å². The lowest BCUT2D eigenvalue weighted by atomic mass is 10.1. The average molecular weight is 329 g/mol. The molecule has 1 aromatic carbocycles. The van der Waals surface area contributed by atoms with E-state index in [2.05, 4.69) is 14.9 Å². The van der Waals surface area contributed by atoms with E-state index >= 15 is 0 Å². The van der Waals surface area contributed by atoms with Gasteiger partial charge in [-0.15, -0.1) is 0 Å². The fourth-order valence-corrected chi connectivity index (χ4v) is 3.29. The number of carbonyl (C=O) groups is 1. The predicted octanol–water partition coefficient (Wildman–Crippen LogP) is 2.80. The van der Waals surface area contributed by atoms with E-state index in [9.17, 15) is 4.79 Å². The molecule has 4 rings (SSSR count). The van der Waals surface area contributed by atoms with Gasteiger partial charge in [0.15, 0.2) is 0 Å². The van der Waals surface area contributed by atoms with Crippen molar-refractivity contribution >= 4 is 23.3 Å². The summed E-state index contributed by atoms with van der Waals surface area (Å²) in [6.07, 6.45) is 1.20. The van der Waals surface area contributed by atoms with Crippen molar-refractivity contribution in [2.45, 2.75) is 26.4 Å². The molecule has 0 unspecified atom stereocenters. The van der Waals surface area contributed by atoms with Crippen LogP contribution in [0.2, 0.25) is 5.02 Å². The van der Waals surface area contributed by atoms with Crippen molar-refractivity contribution in [3.05, 3.63) is 51.9 Å². The highest BCUT2D eigenvalue weighted by atomic mass is 35.5. The summed E-state index contributed by atoms with van der Waals surface area (Å²) in [4.78, 5) is 25.9. The van der Waals surface area contributed by atoms with Crippen LogP contribution in [0.5, 0.6) is 0 Å². The molecule has 6 heteroatoms. The highest BCUT2D eigenvalue weighted by Crippen LogP contribution is 2.32. The van der Waals surface area contributed by atoms with E-state index in [1.807, 2.05) is 11.8 Å². The standard InChI is InChI=1S/C17H17ClN4O/c1-11-19-15-10-22(17(23)12-4-2-5-13(18)8-12)9-14(15)16(20-11)21-6-3-7-21/h2,4-5,8H,3,6-7,9-10H2,1H3. The Labute approximate surface area is 139 Å². The summed E-state index contributed by atoms with van der Waals surface area (Å²) in [6, 6.07) is 7.08. The van der Waals surface area contributed by atoms with E-state index in [4.69, 9.17) is 11.6 Å². The number of halogens is 1. The topological polar surface area (TPSA) is 49.3 Å². The van der Waals surface area contributed by atoms with Crippen LogP contribution in [0.1, 0.15) is 33.9 Å². The van der Waals surface area contributed by atoms with Gasteiger partial charge >= 0.3 is 0 Å². The summed E-state index contributed by atoms with van der Waals surface area (Å²) < 4.78 is 0. The largest absolute Gasteiger partial charge is 0.356 e. The van der Waals surface area contributed by atoms with Crippen molar-refractivity contribution in [2.75, 3.05) is 18.0 Å². The van der Waals surface area contributed by atoms with Crippen LogP contribution in [0.4, 0.5) is 5.82 Å². The van der Waals surface area contributed by atoms with E-state index in [0.29, 0.717) is 23.7 Å². The molecule has 0 N–H and O–H groups in total. The number of hydrogen-bond donors (Lipinski definition) is 0. The normalized spacial score (nSPS) is 16.3. The number of nitrogens with zero attached hydrogens (tertiary/aromatic N) is 4. The second kappa shape index (κ2) is 5.49. The number of rotatable bonds is 2. The Hall–Kier alpha value is -2.14. The van der Waals surface area contributed by atoms with Crippen LogP contribution in [0.15, 0.2) is 24.3 Å². The van der Waals surface area contributed by atoms with E-state index in [1.54, 1.807) is 24.3 Å². The number of benzene rings is 1. The SMILES string of the molecule is Cc1nc2c(c(N3CCC3)n1)CN(C(=O)c1cccc(Cl)c1)C2. The number of fused-ring (bicyclic) bond motifs is 1. The Morgan fingerprint density at radius 2 is 2.04 bits per heavy atom. The van der Waals surface area contributed by atoms with Crippen molar-refractivity contribution in [3.63, 3.8) is 0 Å². The van der Waals surface area contributed by atoms with Crippen LogP contribution < -0.4 is 4.90 Å². The van der Waals surface area contributed by atoms with Crippen LogP contribution >= 0.6 is 11.6 Å². The second-order valence-electron chi connectivity index (χ2n) is 6.03. The van der Waals surface area contributed by atoms with Crippen LogP contribution in [0.3, 0.4) is 0 Å². The maximum Gasteiger partial charge on any atom is 0.254 e. The summed E-state index contributed by atoms with van der Waals surface area (Å²) >= 11 is 6.00. The number of anilines is 1. The summed E-state index contributed by atoms with van der Waals surface area (Å²) in [7, 11) is 0. The minimum atomic E-state index is -0.0160. The van der Waals surface area contributed by atoms with Crippen molar-refractivity contribution in [1.29, 1.82) is 0 Å². The van der Waals surface area contributed by atoms with Gasteiger partial charge in [-0.05, 0) is 31.5 Å². The first-order valence-electron chi connectivity index (χ1n) is 7.78. The molecular weight excluding hydrogens is 312 g/mol. The van der Waals surface area contributed by atoms with E-state index in [-0.39, 0.29) is 5.91 Å². The minimum Gasteiger partial charge on any atom is -0.356 e. The molecule has 1 saturated heterocycles. The third-order valence-electron chi connectivity index (χ3n) is 4.39. The lowest BCUT2D eigenvalue weighted by Gasteiger charge is -2.33. The Morgan fingerprint density at radius 1 is 1.22 bits per heavy atom. The molecule has 1 amide bonds. The maximum absolute atomic E-state index is 12.7. The average Bonchev–Trinajstić information content (AvgIpc) is 2.88. The smallest absolute Gasteiger partial charge is 0.254 e. The Balaban J connectivity index is 1.63. The van der Waals surface area contributed by atoms with E-state index < -0.39 is 0 Å². The van der Waals surface area contributed by atoms with Crippen molar-refractivity contribution in [2.24, 2.45) is 0 Å². The zero-order valence-electron chi connectivity index (χ0n) is 12.9. The van der Waals surface area contributed by atoms with Crippen molar-refractivity contribution in [1.82, 2.24) is 14.9 Å². The molecule has 0 radical (unpaired) electrons. The molecular formula is C17H17ClN4O. The predicted molar refractivity (Wildman–Crippen MR) is 88.6 cm³/mol. The van der Waals surface area contributed by atoms with Crippen molar-refractivity contribution in [3.8, 4) is 0 Å². The molecule has 1 fully saturated rings. The summed E-state index contributed by atoms with van der Waals surface area (Å²) in [5.74, 6) is 1.75. The van der Waals surface area contributed by atoms with Gasteiger partial charge in [0.25, 0.3) is 5.91 Å². The first-order chi connectivity index (χ1) is 11.1. The Kier molecular flexibility index (Phi) is 3.45. The molecule has 23 heavy (non-hydrogen) atoms. The zero-order chi connectivity index (χ0) is 16.0. The van der Waals surface area contributed by atoms with E-state index in [0.717, 1.165) is 36.0 Å². The van der Waals surface area contributed by atoms with Gasteiger partial charge in [0.2, 0.25) is 0 Å². The van der Waals surface area contributed by atoms with Gasteiger partial charge in [0.05, 0.1) is 18.8 Å². The molecule has 2 aliphatic heterocycles. The van der Waals surface area contributed by atoms with E-state index in [1.165, 1.54) is 6.42 Å². The van der Waals surface area contributed by atoms with Crippen LogP contribution in [-0.2, 0) is 13.1 Å². The molecule has 1 aromatic heterocycles. The van der Waals surface area contributed by atoms with Crippen molar-refractivity contribution < 1.29 is 4.79 Å². The molecule has 2 aromatic rings. The molecule has 0 bridgehead atoms. The van der Waals surface area contributed by atoms with Gasteiger partial charge in [-0.3, -0.25) is 4.79 Å². The Morgan fingerprint density at radius 3 is 2.74 bits per heavy atom. The Bertz CT molecular complexity index is 788. The third-order valence-corrected chi connectivity index (χ3v) is 4.62. The number of aromatic nitrogens is 2. The second-order valence-corrected chi connectivity index (χ2v) is 6.47. The fraction of sp³-hybridized carbons (Fsp3) is 0.353. The van der Waals surface area contributed by atoms with Gasteiger partial charge in [-0.2, -0.15) is 0 Å².